The van der Waals surface area contributed by atoms with Gasteiger partial charge in [-0.25, -0.2) is 0 Å². The molecular formula is C56H35NOS. The van der Waals surface area contributed by atoms with Crippen molar-refractivity contribution in [1.29, 1.82) is 0 Å². The van der Waals surface area contributed by atoms with Gasteiger partial charge < -0.3 is 9.32 Å². The maximum atomic E-state index is 6.90. The van der Waals surface area contributed by atoms with Crippen molar-refractivity contribution in [3.05, 3.63) is 212 Å². The van der Waals surface area contributed by atoms with Gasteiger partial charge in [-0.3, -0.25) is 0 Å². The molecule has 10 aromatic carbocycles. The maximum Gasteiger partial charge on any atom is 0.145 e. The Kier molecular flexibility index (Phi) is 7.75. The first kappa shape index (κ1) is 33.7. The van der Waals surface area contributed by atoms with Gasteiger partial charge in [0.05, 0.1) is 16.8 Å². The van der Waals surface area contributed by atoms with Crippen molar-refractivity contribution in [3.8, 4) is 33.4 Å². The minimum atomic E-state index is 0.870. The highest BCUT2D eigenvalue weighted by molar-refractivity contribution is 7.26. The van der Waals surface area contributed by atoms with Crippen LogP contribution in [0.5, 0.6) is 0 Å². The van der Waals surface area contributed by atoms with Crippen molar-refractivity contribution >= 4 is 92.1 Å². The van der Waals surface area contributed by atoms with Crippen molar-refractivity contribution in [3.63, 3.8) is 0 Å². The lowest BCUT2D eigenvalue weighted by Crippen LogP contribution is -2.11. The Morgan fingerprint density at radius 3 is 1.86 bits per heavy atom. The van der Waals surface area contributed by atoms with E-state index in [9.17, 15) is 0 Å². The fourth-order valence-corrected chi connectivity index (χ4v) is 10.4. The van der Waals surface area contributed by atoms with E-state index in [1.807, 2.05) is 11.3 Å². The molecule has 0 saturated carbocycles. The molecule has 3 heteroatoms. The van der Waals surface area contributed by atoms with Gasteiger partial charge in [0, 0.05) is 42.2 Å². The van der Waals surface area contributed by atoms with Gasteiger partial charge in [0.15, 0.2) is 0 Å². The third-order valence-corrected chi connectivity index (χ3v) is 13.1. The number of benzene rings is 10. The van der Waals surface area contributed by atoms with E-state index in [2.05, 4.69) is 217 Å². The number of furan rings is 1. The van der Waals surface area contributed by atoms with Crippen molar-refractivity contribution in [1.82, 2.24) is 0 Å². The van der Waals surface area contributed by atoms with Gasteiger partial charge in [-0.05, 0) is 80.4 Å². The molecule has 0 atom stereocenters. The number of thiophene rings is 1. The van der Waals surface area contributed by atoms with Gasteiger partial charge in [0.1, 0.15) is 11.2 Å². The second-order valence-corrected chi connectivity index (χ2v) is 16.3. The lowest BCUT2D eigenvalue weighted by molar-refractivity contribution is 0.670. The van der Waals surface area contributed by atoms with Gasteiger partial charge >= 0.3 is 0 Å². The number of hydrogen-bond donors (Lipinski definition) is 0. The molecule has 0 aliphatic rings. The number of nitrogens with zero attached hydrogens (tertiary/aromatic N) is 1. The Hall–Kier alpha value is -7.46. The molecule has 0 N–H and O–H groups in total. The number of para-hydroxylation sites is 1. The Morgan fingerprint density at radius 2 is 1.02 bits per heavy atom. The summed E-state index contributed by atoms with van der Waals surface area (Å²) >= 11 is 1.87. The van der Waals surface area contributed by atoms with E-state index in [0.29, 0.717) is 0 Å². The highest BCUT2D eigenvalue weighted by Crippen LogP contribution is 2.49. The molecule has 0 spiro atoms. The molecule has 2 heterocycles. The van der Waals surface area contributed by atoms with Gasteiger partial charge in [-0.2, -0.15) is 0 Å². The highest BCUT2D eigenvalue weighted by atomic mass is 32.1. The van der Waals surface area contributed by atoms with Crippen LogP contribution in [0.3, 0.4) is 0 Å². The van der Waals surface area contributed by atoms with E-state index in [-0.39, 0.29) is 0 Å². The predicted octanol–water partition coefficient (Wildman–Crippen LogP) is 16.7. The van der Waals surface area contributed by atoms with Crippen molar-refractivity contribution in [2.24, 2.45) is 0 Å². The molecule has 0 bridgehead atoms. The number of fused-ring (bicyclic) bond motifs is 9. The lowest BCUT2D eigenvalue weighted by Gasteiger charge is -2.28. The Bertz CT molecular complexity index is 3550. The Balaban J connectivity index is 1.12. The largest absolute Gasteiger partial charge is 0.455 e. The molecule has 2 aromatic heterocycles. The molecule has 0 aliphatic carbocycles. The predicted molar refractivity (Wildman–Crippen MR) is 253 cm³/mol. The Labute approximate surface area is 345 Å². The summed E-state index contributed by atoms with van der Waals surface area (Å²) in [4.78, 5) is 2.46. The molecule has 0 radical (unpaired) electrons. The molecule has 0 aliphatic heterocycles. The molecule has 0 amide bonds. The summed E-state index contributed by atoms with van der Waals surface area (Å²) in [5.74, 6) is 0. The minimum Gasteiger partial charge on any atom is -0.455 e. The third kappa shape index (κ3) is 5.47. The summed E-state index contributed by atoms with van der Waals surface area (Å²) in [5.41, 5.74) is 12.1. The quantitative estimate of drug-likeness (QED) is 0.157. The summed E-state index contributed by atoms with van der Waals surface area (Å²) in [6.45, 7) is 0. The second-order valence-electron chi connectivity index (χ2n) is 15.2. The molecule has 12 aromatic rings. The monoisotopic (exact) mass is 769 g/mol. The molecule has 2 nitrogen and oxygen atoms in total. The van der Waals surface area contributed by atoms with Crippen molar-refractivity contribution in [2.45, 2.75) is 0 Å². The molecule has 0 saturated heterocycles. The average Bonchev–Trinajstić information content (AvgIpc) is 3.89. The smallest absolute Gasteiger partial charge is 0.145 e. The first-order chi connectivity index (χ1) is 29.3. The van der Waals surface area contributed by atoms with E-state index in [1.165, 1.54) is 64.0 Å². The summed E-state index contributed by atoms with van der Waals surface area (Å²) in [5, 5.41) is 9.62. The topological polar surface area (TPSA) is 16.4 Å². The molecule has 59 heavy (non-hydrogen) atoms. The zero-order valence-electron chi connectivity index (χ0n) is 32.0. The highest BCUT2D eigenvalue weighted by Gasteiger charge is 2.24. The fourth-order valence-electron chi connectivity index (χ4n) is 9.10. The van der Waals surface area contributed by atoms with Crippen LogP contribution in [-0.4, -0.2) is 0 Å². The molecule has 0 unspecified atom stereocenters. The summed E-state index contributed by atoms with van der Waals surface area (Å²) in [7, 11) is 0. The van der Waals surface area contributed by atoms with Crippen molar-refractivity contribution in [2.75, 3.05) is 4.90 Å². The number of hydrogen-bond acceptors (Lipinski definition) is 3. The Morgan fingerprint density at radius 1 is 0.373 bits per heavy atom. The molecule has 0 fully saturated rings. The van der Waals surface area contributed by atoms with Crippen LogP contribution in [0.15, 0.2) is 217 Å². The van der Waals surface area contributed by atoms with E-state index in [4.69, 9.17) is 4.42 Å². The van der Waals surface area contributed by atoms with E-state index in [0.717, 1.165) is 50.1 Å². The molecular weight excluding hydrogens is 735 g/mol. The van der Waals surface area contributed by atoms with E-state index in [1.54, 1.807) is 0 Å². The van der Waals surface area contributed by atoms with E-state index < -0.39 is 0 Å². The van der Waals surface area contributed by atoms with Crippen LogP contribution in [0.1, 0.15) is 0 Å². The zero-order chi connectivity index (χ0) is 38.9. The van der Waals surface area contributed by atoms with Crippen LogP contribution in [0.4, 0.5) is 17.1 Å². The van der Waals surface area contributed by atoms with Crippen LogP contribution in [0.25, 0.3) is 97.0 Å². The van der Waals surface area contributed by atoms with Gasteiger partial charge in [-0.1, -0.05) is 176 Å². The SMILES string of the molecule is c1ccc(-c2ccc(-c3ccc(N(c4ccc5c(c4)sc4c(-c6ccccc6)cccc45)c4cccc5c4ccc4ccccc45)c4c3oc3ccccc34)cc2)cc1. The van der Waals surface area contributed by atoms with Gasteiger partial charge in [-0.15, -0.1) is 11.3 Å². The summed E-state index contributed by atoms with van der Waals surface area (Å²) in [6.07, 6.45) is 0. The van der Waals surface area contributed by atoms with E-state index >= 15 is 0 Å². The van der Waals surface area contributed by atoms with Crippen LogP contribution in [0, 0.1) is 0 Å². The summed E-state index contributed by atoms with van der Waals surface area (Å²) in [6, 6.07) is 76.8. The van der Waals surface area contributed by atoms with Crippen LogP contribution in [-0.2, 0) is 0 Å². The van der Waals surface area contributed by atoms with Gasteiger partial charge in [0.25, 0.3) is 0 Å². The second kappa shape index (κ2) is 13.6. The number of anilines is 3. The average molecular weight is 770 g/mol. The van der Waals surface area contributed by atoms with Crippen molar-refractivity contribution < 1.29 is 4.42 Å². The zero-order valence-corrected chi connectivity index (χ0v) is 32.8. The fraction of sp³-hybridized carbons (Fsp3) is 0. The molecule has 12 rings (SSSR count). The lowest BCUT2D eigenvalue weighted by atomic mass is 9.96. The minimum absolute atomic E-state index is 0.870. The summed E-state index contributed by atoms with van der Waals surface area (Å²) < 4.78 is 9.46. The first-order valence-corrected chi connectivity index (χ1v) is 20.9. The van der Waals surface area contributed by atoms with Crippen LogP contribution >= 0.6 is 11.3 Å². The maximum absolute atomic E-state index is 6.90. The number of rotatable bonds is 6. The van der Waals surface area contributed by atoms with Crippen LogP contribution in [0.2, 0.25) is 0 Å². The third-order valence-electron chi connectivity index (χ3n) is 11.9. The normalized spacial score (nSPS) is 11.7. The first-order valence-electron chi connectivity index (χ1n) is 20.1. The molecule has 276 valence electrons. The standard InChI is InChI=1S/C56H35NOS/c1-3-13-36(14-4-1)37-25-27-40(28-26-37)43-33-34-51(54-49-19-9-10-24-52(49)58-55(43)54)57(50-23-12-21-45-42-18-8-7-17-39(42)29-31-46(45)50)41-30-32-47-48-22-11-20-44(38-15-5-2-6-16-38)56(48)59-53(47)35-41/h1-35H. The van der Waals surface area contributed by atoms with Gasteiger partial charge in [0.2, 0.25) is 0 Å². The van der Waals surface area contributed by atoms with Crippen LogP contribution < -0.4 is 4.90 Å².